The first-order chi connectivity index (χ1) is 14.5. The zero-order valence-corrected chi connectivity index (χ0v) is 18.0. The number of anilines is 2. The Kier molecular flexibility index (Phi) is 6.27. The predicted octanol–water partition coefficient (Wildman–Crippen LogP) is 3.05. The van der Waals surface area contributed by atoms with Gasteiger partial charge in [0.15, 0.2) is 0 Å². The van der Waals surface area contributed by atoms with Gasteiger partial charge < -0.3 is 15.2 Å². The molecule has 31 heavy (non-hydrogen) atoms. The van der Waals surface area contributed by atoms with E-state index in [0.29, 0.717) is 0 Å². The smallest absolute Gasteiger partial charge is 0.409 e. The van der Waals surface area contributed by atoms with E-state index in [-0.39, 0.29) is 39.5 Å². The Morgan fingerprint density at radius 1 is 1.29 bits per heavy atom. The molecule has 0 bridgehead atoms. The van der Waals surface area contributed by atoms with Crippen LogP contribution in [-0.4, -0.2) is 44.2 Å². The van der Waals surface area contributed by atoms with Gasteiger partial charge in [0.2, 0.25) is 5.91 Å². The fraction of sp³-hybridized carbons (Fsp3) is 0.263. The molecule has 1 aliphatic heterocycles. The largest absolute Gasteiger partial charge is 0.484 e. The summed E-state index contributed by atoms with van der Waals surface area (Å²) >= 11 is 5.77. The molecule has 2 aromatic rings. The summed E-state index contributed by atoms with van der Waals surface area (Å²) in [7, 11) is -4.24. The molecule has 9 nitrogen and oxygen atoms in total. The first-order valence-electron chi connectivity index (χ1n) is 9.04. The molecule has 0 saturated heterocycles. The number of nitrogens with one attached hydrogen (secondary N) is 2. The third-order valence-electron chi connectivity index (χ3n) is 4.57. The van der Waals surface area contributed by atoms with Gasteiger partial charge in [-0.2, -0.15) is 0 Å². The number of amides is 2. The fourth-order valence-electron chi connectivity index (χ4n) is 3.14. The van der Waals surface area contributed by atoms with Gasteiger partial charge in [0.1, 0.15) is 17.7 Å². The van der Waals surface area contributed by atoms with Gasteiger partial charge in [-0.05, 0) is 43.3 Å². The van der Waals surface area contributed by atoms with Gasteiger partial charge >= 0.3 is 6.09 Å². The molecule has 1 unspecified atom stereocenters. The summed E-state index contributed by atoms with van der Waals surface area (Å²) in [5.41, 5.74) is 0.207. The van der Waals surface area contributed by atoms with Crippen molar-refractivity contribution in [2.75, 3.05) is 16.2 Å². The highest BCUT2D eigenvalue weighted by atomic mass is 35.5. The number of sulfonamides is 1. The number of carbonyl (C=O) groups is 2. The lowest BCUT2D eigenvalue weighted by Gasteiger charge is -2.38. The van der Waals surface area contributed by atoms with Gasteiger partial charge in [-0.15, -0.1) is 0 Å². The van der Waals surface area contributed by atoms with Crippen LogP contribution in [0.2, 0.25) is 5.02 Å². The van der Waals surface area contributed by atoms with Crippen LogP contribution in [0.5, 0.6) is 5.75 Å². The van der Waals surface area contributed by atoms with Crippen molar-refractivity contribution < 1.29 is 32.2 Å². The van der Waals surface area contributed by atoms with Crippen LogP contribution in [0.25, 0.3) is 0 Å². The van der Waals surface area contributed by atoms with Crippen molar-refractivity contribution in [2.24, 2.45) is 0 Å². The van der Waals surface area contributed by atoms with Gasteiger partial charge in [0.05, 0.1) is 28.2 Å². The topological polar surface area (TPSA) is 125 Å². The van der Waals surface area contributed by atoms with Gasteiger partial charge in [-0.1, -0.05) is 11.6 Å². The first-order valence-corrected chi connectivity index (χ1v) is 10.9. The van der Waals surface area contributed by atoms with Gasteiger partial charge in [0, 0.05) is 12.6 Å². The molecule has 3 rings (SSSR count). The summed E-state index contributed by atoms with van der Waals surface area (Å²) in [6.07, 6.45) is -2.08. The minimum Gasteiger partial charge on any atom is -0.484 e. The van der Waals surface area contributed by atoms with Crippen LogP contribution >= 0.6 is 11.6 Å². The number of hydrogen-bond acceptors (Lipinski definition) is 5. The second-order valence-corrected chi connectivity index (χ2v) is 9.14. The van der Waals surface area contributed by atoms with Crippen molar-refractivity contribution in [3.63, 3.8) is 0 Å². The quantitative estimate of drug-likeness (QED) is 0.615. The van der Waals surface area contributed by atoms with E-state index in [1.807, 2.05) is 0 Å². The summed E-state index contributed by atoms with van der Waals surface area (Å²) in [6, 6.07) is 6.62. The van der Waals surface area contributed by atoms with E-state index in [2.05, 4.69) is 10.6 Å². The van der Waals surface area contributed by atoms with Crippen LogP contribution in [0.15, 0.2) is 41.3 Å². The van der Waals surface area contributed by atoms with Crippen molar-refractivity contribution in [1.29, 1.82) is 0 Å². The lowest BCUT2D eigenvalue weighted by Crippen LogP contribution is -2.52. The Morgan fingerprint density at radius 3 is 2.61 bits per heavy atom. The molecule has 2 aromatic carbocycles. The molecule has 2 atom stereocenters. The Labute approximate surface area is 182 Å². The van der Waals surface area contributed by atoms with Crippen LogP contribution in [0.1, 0.15) is 13.8 Å². The number of benzene rings is 2. The van der Waals surface area contributed by atoms with Gasteiger partial charge in [-0.25, -0.2) is 17.6 Å². The molecule has 0 radical (unpaired) electrons. The van der Waals surface area contributed by atoms with Crippen molar-refractivity contribution >= 4 is 45.0 Å². The standard InChI is InChI=1S/C19H19ClFN3O6S/c1-10(22-11(2)25)18-9-24(31(28,29)13-4-5-15(21)14(20)8-13)16-7-12(23-19(26)27)3-6-17(16)30-18/h3-8,10,18,23H,9H2,1-2H3,(H,22,25)(H,26,27)/t10-,18?/m1/s1. The highest BCUT2D eigenvalue weighted by Crippen LogP contribution is 2.39. The van der Waals surface area contributed by atoms with E-state index in [1.165, 1.54) is 25.1 Å². The number of hydrogen-bond donors (Lipinski definition) is 3. The summed E-state index contributed by atoms with van der Waals surface area (Å²) < 4.78 is 47.3. The maximum atomic E-state index is 13.6. The maximum Gasteiger partial charge on any atom is 0.409 e. The monoisotopic (exact) mass is 471 g/mol. The third kappa shape index (κ3) is 4.83. The van der Waals surface area contributed by atoms with E-state index in [4.69, 9.17) is 21.4 Å². The van der Waals surface area contributed by atoms with Crippen LogP contribution in [0, 0.1) is 5.82 Å². The Balaban J connectivity index is 2.09. The minimum atomic E-state index is -4.24. The van der Waals surface area contributed by atoms with E-state index in [1.54, 1.807) is 6.92 Å². The predicted molar refractivity (Wildman–Crippen MR) is 112 cm³/mol. The zero-order valence-electron chi connectivity index (χ0n) is 16.4. The average molecular weight is 472 g/mol. The fourth-order valence-corrected chi connectivity index (χ4v) is 4.89. The molecule has 12 heteroatoms. The third-order valence-corrected chi connectivity index (χ3v) is 6.64. The van der Waals surface area contributed by atoms with Crippen molar-refractivity contribution in [3.8, 4) is 5.75 Å². The second kappa shape index (κ2) is 8.60. The molecular weight excluding hydrogens is 453 g/mol. The molecule has 0 saturated carbocycles. The van der Waals surface area contributed by atoms with Crippen molar-refractivity contribution in [3.05, 3.63) is 47.2 Å². The number of fused-ring (bicyclic) bond motifs is 1. The first kappa shape index (κ1) is 22.6. The molecule has 0 aromatic heterocycles. The normalized spacial score (nSPS) is 16.6. The SMILES string of the molecule is CC(=O)N[C@H](C)C1CN(S(=O)(=O)c2ccc(F)c(Cl)c2)c2cc(NC(=O)O)ccc2O1. The van der Waals surface area contributed by atoms with E-state index in [0.717, 1.165) is 22.5 Å². The molecule has 1 aliphatic rings. The average Bonchev–Trinajstić information content (AvgIpc) is 2.68. The number of nitrogens with zero attached hydrogens (tertiary/aromatic N) is 1. The number of carboxylic acid groups (broad SMARTS) is 1. The second-order valence-electron chi connectivity index (χ2n) is 6.87. The van der Waals surface area contributed by atoms with Crippen LogP contribution in [0.3, 0.4) is 0 Å². The Hall–Kier alpha value is -3.05. The lowest BCUT2D eigenvalue weighted by atomic mass is 10.1. The number of rotatable bonds is 5. The number of ether oxygens (including phenoxy) is 1. The van der Waals surface area contributed by atoms with E-state index >= 15 is 0 Å². The summed E-state index contributed by atoms with van der Waals surface area (Å²) in [5.74, 6) is -0.920. The summed E-state index contributed by atoms with van der Waals surface area (Å²) in [4.78, 5) is 22.2. The number of carbonyl (C=O) groups excluding carboxylic acids is 1. The minimum absolute atomic E-state index is 0.0815. The molecule has 0 fully saturated rings. The molecule has 3 N–H and O–H groups in total. The van der Waals surface area contributed by atoms with Crippen LogP contribution in [0.4, 0.5) is 20.6 Å². The number of halogens is 2. The van der Waals surface area contributed by atoms with Crippen molar-refractivity contribution in [1.82, 2.24) is 5.32 Å². The molecule has 0 spiro atoms. The molecule has 2 amide bonds. The molecule has 1 heterocycles. The van der Waals surface area contributed by atoms with Crippen LogP contribution in [-0.2, 0) is 14.8 Å². The molecule has 0 aliphatic carbocycles. The summed E-state index contributed by atoms with van der Waals surface area (Å²) in [6.45, 7) is 2.80. The van der Waals surface area contributed by atoms with Gasteiger partial charge in [-0.3, -0.25) is 14.4 Å². The van der Waals surface area contributed by atoms with Crippen LogP contribution < -0.4 is 19.7 Å². The Morgan fingerprint density at radius 2 is 2.00 bits per heavy atom. The zero-order chi connectivity index (χ0) is 22.9. The highest BCUT2D eigenvalue weighted by molar-refractivity contribution is 7.92. The van der Waals surface area contributed by atoms with Gasteiger partial charge in [0.25, 0.3) is 10.0 Å². The van der Waals surface area contributed by atoms with E-state index in [9.17, 15) is 22.4 Å². The highest BCUT2D eigenvalue weighted by Gasteiger charge is 2.37. The maximum absolute atomic E-state index is 13.6. The van der Waals surface area contributed by atoms with E-state index < -0.39 is 34.1 Å². The molecule has 166 valence electrons. The lowest BCUT2D eigenvalue weighted by molar-refractivity contribution is -0.120. The molecular formula is C19H19ClFN3O6S. The Bertz CT molecular complexity index is 1140. The van der Waals surface area contributed by atoms with Crippen molar-refractivity contribution in [2.45, 2.75) is 30.9 Å². The summed E-state index contributed by atoms with van der Waals surface area (Å²) in [5, 5.41) is 13.4.